The first-order chi connectivity index (χ1) is 22.9. The first kappa shape index (κ1) is 35.2. The number of hydrogen-bond acceptors (Lipinski definition) is 10. The lowest BCUT2D eigenvalue weighted by Gasteiger charge is -2.60. The molecule has 48 heavy (non-hydrogen) atoms. The monoisotopic (exact) mass is 658 g/mol. The highest BCUT2D eigenvalue weighted by atomic mass is 16.5. The van der Waals surface area contributed by atoms with Crippen LogP contribution in [0, 0.1) is 22.7 Å². The molecular weight excluding hydrogens is 612 g/mol. The number of carbonyl (C=O) groups excluding carboxylic acids is 4. The molecular formula is C37H46N4O7. The van der Waals surface area contributed by atoms with E-state index in [2.05, 4.69) is 28.7 Å². The Labute approximate surface area is 281 Å². The number of aliphatic hydroxyl groups is 2. The number of nitrogens with zero attached hydrogens (tertiary/aromatic N) is 3. The molecule has 5 unspecified atom stereocenters. The number of fused-ring (bicyclic) bond motifs is 2. The second kappa shape index (κ2) is 14.1. The highest BCUT2D eigenvalue weighted by Crippen LogP contribution is 2.62. The largest absolute Gasteiger partial charge is 0.423 e. The molecule has 1 saturated heterocycles. The first-order valence-electron chi connectivity index (χ1n) is 16.6. The molecule has 0 spiro atoms. The molecule has 3 N–H and O–H groups in total. The van der Waals surface area contributed by atoms with Crippen molar-refractivity contribution in [1.29, 1.82) is 0 Å². The van der Waals surface area contributed by atoms with Crippen molar-refractivity contribution in [1.82, 2.24) is 14.8 Å². The summed E-state index contributed by atoms with van der Waals surface area (Å²) in [5.41, 5.74) is 1.61. The molecule has 2 saturated carbocycles. The average molecular weight is 659 g/mol. The second-order valence-corrected chi connectivity index (χ2v) is 14.0. The van der Waals surface area contributed by atoms with Crippen molar-refractivity contribution in [3.05, 3.63) is 84.0 Å². The van der Waals surface area contributed by atoms with Gasteiger partial charge in [0.2, 0.25) is 5.91 Å². The van der Waals surface area contributed by atoms with Crippen molar-refractivity contribution in [2.24, 2.45) is 22.7 Å². The number of allylic oxidation sites excluding steroid dienone is 5. The maximum atomic E-state index is 13.5. The number of amides is 1. The van der Waals surface area contributed by atoms with Gasteiger partial charge in [0.1, 0.15) is 17.7 Å². The maximum absolute atomic E-state index is 13.5. The molecule has 2 aliphatic carbocycles. The Morgan fingerprint density at radius 1 is 1.25 bits per heavy atom. The summed E-state index contributed by atoms with van der Waals surface area (Å²) in [6, 6.07) is 5.06. The summed E-state index contributed by atoms with van der Waals surface area (Å²) in [5, 5.41) is 25.0. The third kappa shape index (κ3) is 6.35. The summed E-state index contributed by atoms with van der Waals surface area (Å²) in [5.74, 6) is 0.878. The molecule has 11 nitrogen and oxygen atoms in total. The van der Waals surface area contributed by atoms with Gasteiger partial charge in [0.15, 0.2) is 0 Å². The Morgan fingerprint density at radius 2 is 2.00 bits per heavy atom. The van der Waals surface area contributed by atoms with E-state index < -0.39 is 23.5 Å². The molecule has 1 amide bonds. The summed E-state index contributed by atoms with van der Waals surface area (Å²) in [6.07, 6.45) is 15.1. The molecule has 0 aromatic carbocycles. The standard InChI is InChI=1S/C36H46N4O5.CO2/c1-6-28-33(43)40-20-23(11-13-32(40)39(28)5)17-24-18-25(34(44)45-24)27(38-31-9-7-8-16-37-31)19-26-22(2)10-12-29-35(26,3)15-14-30(42)36(29,4)21-41;2-1-3/h7-9,11,13,16-18,20,26-30,32,41-42H,2,6,10,12,14-15,19,21H2,1,3-5H3,(H,37,38);/b24-17+;/t26?,27?,28?,29?,30-,32?,35-,36+;/m1./s1. The zero-order valence-corrected chi connectivity index (χ0v) is 28.1. The van der Waals surface area contributed by atoms with Crippen molar-refractivity contribution in [3.63, 3.8) is 0 Å². The van der Waals surface area contributed by atoms with Crippen LogP contribution in [0.2, 0.25) is 0 Å². The molecule has 3 fully saturated rings. The van der Waals surface area contributed by atoms with Gasteiger partial charge in [0, 0.05) is 17.8 Å². The lowest BCUT2D eigenvalue weighted by Crippen LogP contribution is -2.58. The summed E-state index contributed by atoms with van der Waals surface area (Å²) < 4.78 is 5.80. The van der Waals surface area contributed by atoms with Crippen LogP contribution in [0.1, 0.15) is 59.3 Å². The maximum Gasteiger partial charge on any atom is 0.373 e. The first-order valence-corrected chi connectivity index (χ1v) is 16.6. The number of ether oxygens (including phenoxy) is 1. The number of hydrogen-bond donors (Lipinski definition) is 3. The third-order valence-electron chi connectivity index (χ3n) is 11.4. The lowest BCUT2D eigenvalue weighted by atomic mass is 9.46. The zero-order valence-electron chi connectivity index (χ0n) is 28.1. The van der Waals surface area contributed by atoms with Gasteiger partial charge in [-0.1, -0.05) is 45.1 Å². The topological polar surface area (TPSA) is 149 Å². The number of pyridine rings is 1. The van der Waals surface area contributed by atoms with Gasteiger partial charge in [-0.15, -0.1) is 0 Å². The number of esters is 1. The van der Waals surface area contributed by atoms with Gasteiger partial charge < -0.3 is 20.3 Å². The van der Waals surface area contributed by atoms with Gasteiger partial charge in [-0.2, -0.15) is 9.59 Å². The fourth-order valence-corrected chi connectivity index (χ4v) is 8.82. The van der Waals surface area contributed by atoms with Crippen LogP contribution in [0.3, 0.4) is 0 Å². The molecule has 1 aromatic heterocycles. The fourth-order valence-electron chi connectivity index (χ4n) is 8.82. The predicted octanol–water partition coefficient (Wildman–Crippen LogP) is 4.11. The van der Waals surface area contributed by atoms with Crippen molar-refractivity contribution in [3.8, 4) is 0 Å². The molecule has 0 bridgehead atoms. The van der Waals surface area contributed by atoms with Crippen LogP contribution in [-0.2, 0) is 23.9 Å². The van der Waals surface area contributed by atoms with Gasteiger partial charge in [0.25, 0.3) is 0 Å². The molecule has 6 rings (SSSR count). The minimum atomic E-state index is -0.597. The van der Waals surface area contributed by atoms with Crippen molar-refractivity contribution in [2.75, 3.05) is 19.0 Å². The Balaban J connectivity index is 0.00000145. The Hall–Kier alpha value is -4.15. The van der Waals surface area contributed by atoms with E-state index in [4.69, 9.17) is 14.3 Å². The average Bonchev–Trinajstić information content (AvgIpc) is 3.55. The van der Waals surface area contributed by atoms with Crippen LogP contribution in [0.4, 0.5) is 5.82 Å². The van der Waals surface area contributed by atoms with E-state index in [1.54, 1.807) is 23.2 Å². The van der Waals surface area contributed by atoms with Crippen LogP contribution in [0.25, 0.3) is 0 Å². The van der Waals surface area contributed by atoms with Gasteiger partial charge in [-0.3, -0.25) is 14.6 Å². The smallest absolute Gasteiger partial charge is 0.373 e. The molecule has 256 valence electrons. The number of cyclic esters (lactones) is 1. The number of nitrogens with one attached hydrogen (secondary N) is 1. The number of carbonyl (C=O) groups is 2. The molecule has 5 aliphatic rings. The summed E-state index contributed by atoms with van der Waals surface area (Å²) in [6.45, 7) is 10.7. The molecule has 11 heteroatoms. The quantitative estimate of drug-likeness (QED) is 0.275. The van der Waals surface area contributed by atoms with E-state index in [-0.39, 0.29) is 48.1 Å². The van der Waals surface area contributed by atoms with E-state index in [1.807, 2.05) is 57.4 Å². The van der Waals surface area contributed by atoms with E-state index in [0.717, 1.165) is 36.8 Å². The van der Waals surface area contributed by atoms with Crippen LogP contribution >= 0.6 is 0 Å². The molecule has 3 aliphatic heterocycles. The van der Waals surface area contributed by atoms with Gasteiger partial charge in [0.05, 0.1) is 30.4 Å². The Kier molecular flexibility index (Phi) is 10.4. The highest BCUT2D eigenvalue weighted by Gasteiger charge is 2.58. The number of likely N-dealkylation sites (N-methyl/N-ethyl adjacent to an activating group) is 1. The van der Waals surface area contributed by atoms with E-state index in [9.17, 15) is 19.8 Å². The van der Waals surface area contributed by atoms with Crippen LogP contribution < -0.4 is 5.32 Å². The zero-order chi connectivity index (χ0) is 34.8. The fraction of sp³-hybridized carbons (Fsp3) is 0.514. The molecule has 8 atom stereocenters. The van der Waals surface area contributed by atoms with Crippen molar-refractivity contribution < 1.29 is 34.1 Å². The highest BCUT2D eigenvalue weighted by molar-refractivity contribution is 5.95. The van der Waals surface area contributed by atoms with E-state index in [1.165, 1.54) is 0 Å². The molecule has 4 heterocycles. The predicted molar refractivity (Wildman–Crippen MR) is 177 cm³/mol. The summed E-state index contributed by atoms with van der Waals surface area (Å²) in [7, 11) is 1.96. The Morgan fingerprint density at radius 3 is 2.67 bits per heavy atom. The van der Waals surface area contributed by atoms with Crippen molar-refractivity contribution >= 4 is 23.8 Å². The van der Waals surface area contributed by atoms with Gasteiger partial charge >= 0.3 is 12.1 Å². The van der Waals surface area contributed by atoms with Crippen LogP contribution in [0.5, 0.6) is 0 Å². The van der Waals surface area contributed by atoms with Gasteiger partial charge in [-0.25, -0.2) is 9.78 Å². The summed E-state index contributed by atoms with van der Waals surface area (Å²) >= 11 is 0. The SMILES string of the molecule is C=C1CCC2[C@](C)(CC[C@@H](O)[C@@]2(C)CO)C1CC(Nc1ccccn1)C1=C/C(=C\C2=CN3C(=O)C(CC)N(C)C3C=C2)OC1=O.O=C=O. The number of rotatable bonds is 8. The molecule has 1 aromatic rings. The van der Waals surface area contributed by atoms with E-state index >= 15 is 0 Å². The minimum Gasteiger partial charge on any atom is -0.423 e. The summed E-state index contributed by atoms with van der Waals surface area (Å²) in [4.78, 5) is 51.1. The second-order valence-electron chi connectivity index (χ2n) is 14.0. The number of aliphatic hydroxyl groups excluding tert-OH is 2. The van der Waals surface area contributed by atoms with Crippen molar-refractivity contribution in [2.45, 2.75) is 83.6 Å². The number of anilines is 1. The lowest BCUT2D eigenvalue weighted by molar-refractivity contribution is -0.191. The minimum absolute atomic E-state index is 0.0446. The van der Waals surface area contributed by atoms with Gasteiger partial charge in [-0.05, 0) is 98.8 Å². The Bertz CT molecular complexity index is 1580. The molecule has 0 radical (unpaired) electrons. The van der Waals surface area contributed by atoms with Crippen LogP contribution in [-0.4, -0.2) is 81.0 Å². The van der Waals surface area contributed by atoms with E-state index in [0.29, 0.717) is 30.0 Å². The number of aromatic nitrogens is 1. The normalized spacial score (nSPS) is 34.3. The van der Waals surface area contributed by atoms with Crippen LogP contribution in [0.15, 0.2) is 84.0 Å². The third-order valence-corrected chi connectivity index (χ3v) is 11.4.